The van der Waals surface area contributed by atoms with Crippen molar-refractivity contribution >= 4 is 8.32 Å². The van der Waals surface area contributed by atoms with Gasteiger partial charge >= 0.3 is 0 Å². The fourth-order valence-corrected chi connectivity index (χ4v) is 4.56. The van der Waals surface area contributed by atoms with Gasteiger partial charge in [-0.1, -0.05) is 31.7 Å². The lowest BCUT2D eigenvalue weighted by molar-refractivity contribution is 0.121. The first-order chi connectivity index (χ1) is 6.31. The summed E-state index contributed by atoms with van der Waals surface area (Å²) in [5, 5.41) is 0. The Bertz CT molecular complexity index is 195. The van der Waals surface area contributed by atoms with Gasteiger partial charge in [0.25, 0.3) is 0 Å². The van der Waals surface area contributed by atoms with E-state index in [1.54, 1.807) is 0 Å². The van der Waals surface area contributed by atoms with Crippen molar-refractivity contribution in [3.05, 3.63) is 24.6 Å². The standard InChI is InChI=1S/C12H24OSi/c1-8-11(4)14(9-2,10-3)13-12(5,6)7/h9-11H,2-3,8H2,1,4-7H3. The van der Waals surface area contributed by atoms with Crippen LogP contribution in [0.2, 0.25) is 5.54 Å². The Balaban J connectivity index is 4.88. The third-order valence-corrected chi connectivity index (χ3v) is 6.69. The van der Waals surface area contributed by atoms with Gasteiger partial charge in [0, 0.05) is 5.60 Å². The van der Waals surface area contributed by atoms with Crippen LogP contribution in [0, 0.1) is 0 Å². The largest absolute Gasteiger partial charge is 0.404 e. The summed E-state index contributed by atoms with van der Waals surface area (Å²) in [6.07, 6.45) is 1.11. The Labute approximate surface area is 90.0 Å². The summed E-state index contributed by atoms with van der Waals surface area (Å²) in [4.78, 5) is 0. The molecule has 14 heavy (non-hydrogen) atoms. The number of hydrogen-bond donors (Lipinski definition) is 0. The van der Waals surface area contributed by atoms with E-state index in [0.29, 0.717) is 5.54 Å². The number of rotatable bonds is 5. The van der Waals surface area contributed by atoms with Gasteiger partial charge in [0.05, 0.1) is 0 Å². The lowest BCUT2D eigenvalue weighted by Crippen LogP contribution is -2.45. The minimum Gasteiger partial charge on any atom is -0.404 e. The summed E-state index contributed by atoms with van der Waals surface area (Å²) in [6.45, 7) is 18.5. The van der Waals surface area contributed by atoms with E-state index in [1.807, 2.05) is 11.4 Å². The van der Waals surface area contributed by atoms with Crippen LogP contribution in [0.4, 0.5) is 0 Å². The average molecular weight is 212 g/mol. The zero-order chi connectivity index (χ0) is 11.4. The molecular weight excluding hydrogens is 188 g/mol. The van der Waals surface area contributed by atoms with Gasteiger partial charge in [-0.05, 0) is 26.3 Å². The van der Waals surface area contributed by atoms with Gasteiger partial charge < -0.3 is 4.43 Å². The predicted octanol–water partition coefficient (Wildman–Crippen LogP) is 4.00. The van der Waals surface area contributed by atoms with Crippen LogP contribution in [0.1, 0.15) is 41.0 Å². The van der Waals surface area contributed by atoms with Crippen molar-refractivity contribution < 1.29 is 4.43 Å². The average Bonchev–Trinajstić information content (AvgIpc) is 2.11. The highest BCUT2D eigenvalue weighted by atomic mass is 28.4. The molecule has 1 unspecified atom stereocenters. The highest BCUT2D eigenvalue weighted by molar-refractivity contribution is 6.84. The lowest BCUT2D eigenvalue weighted by atomic mass is 10.2. The first kappa shape index (κ1) is 13.7. The topological polar surface area (TPSA) is 9.23 Å². The molecule has 0 bridgehead atoms. The molecular formula is C12H24OSi. The van der Waals surface area contributed by atoms with Gasteiger partial charge in [-0.25, -0.2) is 0 Å². The highest BCUT2D eigenvalue weighted by Gasteiger charge is 2.37. The summed E-state index contributed by atoms with van der Waals surface area (Å²) in [5.41, 5.74) is 4.42. The molecule has 0 aliphatic rings. The molecule has 0 aromatic carbocycles. The van der Waals surface area contributed by atoms with Crippen LogP contribution in [-0.4, -0.2) is 13.9 Å². The molecule has 0 N–H and O–H groups in total. The normalized spacial score (nSPS) is 14.9. The number of hydrogen-bond acceptors (Lipinski definition) is 1. The molecule has 0 aliphatic carbocycles. The molecule has 0 aliphatic heterocycles. The van der Waals surface area contributed by atoms with Crippen LogP contribution >= 0.6 is 0 Å². The summed E-state index contributed by atoms with van der Waals surface area (Å²) >= 11 is 0. The van der Waals surface area contributed by atoms with E-state index in [1.165, 1.54) is 0 Å². The van der Waals surface area contributed by atoms with Gasteiger partial charge in [0.15, 0.2) is 0 Å². The minimum atomic E-state index is -1.95. The van der Waals surface area contributed by atoms with E-state index in [4.69, 9.17) is 4.43 Å². The highest BCUT2D eigenvalue weighted by Crippen LogP contribution is 2.31. The molecule has 0 saturated heterocycles. The third-order valence-electron chi connectivity index (χ3n) is 2.50. The molecule has 0 radical (unpaired) electrons. The van der Waals surface area contributed by atoms with Crippen molar-refractivity contribution in [1.82, 2.24) is 0 Å². The van der Waals surface area contributed by atoms with Gasteiger partial charge in [0.2, 0.25) is 8.32 Å². The van der Waals surface area contributed by atoms with E-state index in [2.05, 4.69) is 47.8 Å². The van der Waals surface area contributed by atoms with Gasteiger partial charge in [-0.2, -0.15) is 0 Å². The maximum absolute atomic E-state index is 6.18. The van der Waals surface area contributed by atoms with Crippen LogP contribution in [0.25, 0.3) is 0 Å². The Hall–Kier alpha value is -0.343. The van der Waals surface area contributed by atoms with Crippen LogP contribution < -0.4 is 0 Å². The molecule has 0 fully saturated rings. The second-order valence-corrected chi connectivity index (χ2v) is 8.50. The van der Waals surface area contributed by atoms with Crippen LogP contribution in [0.5, 0.6) is 0 Å². The van der Waals surface area contributed by atoms with Crippen molar-refractivity contribution in [1.29, 1.82) is 0 Å². The fraction of sp³-hybridized carbons (Fsp3) is 0.667. The Morgan fingerprint density at radius 3 is 1.93 bits per heavy atom. The molecule has 0 rings (SSSR count). The zero-order valence-electron chi connectivity index (χ0n) is 10.3. The smallest absolute Gasteiger partial charge is 0.243 e. The Morgan fingerprint density at radius 2 is 1.71 bits per heavy atom. The second kappa shape index (κ2) is 4.94. The zero-order valence-corrected chi connectivity index (χ0v) is 11.3. The molecule has 0 heterocycles. The molecule has 2 heteroatoms. The van der Waals surface area contributed by atoms with Gasteiger partial charge in [0.1, 0.15) is 0 Å². The molecule has 0 saturated carbocycles. The van der Waals surface area contributed by atoms with Crippen LogP contribution in [0.3, 0.4) is 0 Å². The van der Waals surface area contributed by atoms with Gasteiger partial charge in [-0.3, -0.25) is 0 Å². The SMILES string of the molecule is C=C[Si](C=C)(OC(C)(C)C)C(C)CC. The van der Waals surface area contributed by atoms with Crippen molar-refractivity contribution in [3.8, 4) is 0 Å². The quantitative estimate of drug-likeness (QED) is 0.626. The molecule has 0 amide bonds. The van der Waals surface area contributed by atoms with Crippen molar-refractivity contribution in [2.75, 3.05) is 0 Å². The van der Waals surface area contributed by atoms with Crippen LogP contribution in [-0.2, 0) is 4.43 Å². The van der Waals surface area contributed by atoms with Gasteiger partial charge in [-0.15, -0.1) is 13.2 Å². The summed E-state index contributed by atoms with van der Waals surface area (Å²) in [7, 11) is -1.95. The summed E-state index contributed by atoms with van der Waals surface area (Å²) in [6, 6.07) is 0. The minimum absolute atomic E-state index is 0.113. The molecule has 0 spiro atoms. The fourth-order valence-electron chi connectivity index (χ4n) is 1.52. The van der Waals surface area contributed by atoms with E-state index in [0.717, 1.165) is 6.42 Å². The maximum atomic E-state index is 6.18. The van der Waals surface area contributed by atoms with E-state index < -0.39 is 8.32 Å². The molecule has 82 valence electrons. The van der Waals surface area contributed by atoms with Crippen LogP contribution in [0.15, 0.2) is 24.6 Å². The summed E-state index contributed by atoms with van der Waals surface area (Å²) < 4.78 is 6.18. The second-order valence-electron chi connectivity index (χ2n) is 4.79. The van der Waals surface area contributed by atoms with Crippen molar-refractivity contribution in [2.45, 2.75) is 52.2 Å². The predicted molar refractivity (Wildman–Crippen MR) is 66.7 cm³/mol. The molecule has 0 aromatic rings. The Kier molecular flexibility index (Phi) is 4.82. The maximum Gasteiger partial charge on any atom is 0.243 e. The van der Waals surface area contributed by atoms with E-state index >= 15 is 0 Å². The summed E-state index contributed by atoms with van der Waals surface area (Å²) in [5.74, 6) is 0. The van der Waals surface area contributed by atoms with Crippen molar-refractivity contribution in [3.63, 3.8) is 0 Å². The third kappa shape index (κ3) is 3.43. The Morgan fingerprint density at radius 1 is 1.29 bits per heavy atom. The monoisotopic (exact) mass is 212 g/mol. The van der Waals surface area contributed by atoms with E-state index in [9.17, 15) is 0 Å². The molecule has 0 aromatic heterocycles. The molecule has 1 atom stereocenters. The lowest BCUT2D eigenvalue weighted by Gasteiger charge is -2.37. The van der Waals surface area contributed by atoms with Crippen molar-refractivity contribution in [2.24, 2.45) is 0 Å². The van der Waals surface area contributed by atoms with E-state index in [-0.39, 0.29) is 5.60 Å². The first-order valence-electron chi connectivity index (χ1n) is 5.28. The molecule has 1 nitrogen and oxygen atoms in total. The first-order valence-corrected chi connectivity index (χ1v) is 7.42.